The summed E-state index contributed by atoms with van der Waals surface area (Å²) < 4.78 is 79.5. The van der Waals surface area contributed by atoms with Gasteiger partial charge in [0.05, 0.1) is 5.69 Å². The Morgan fingerprint density at radius 3 is 2.50 bits per heavy atom. The highest BCUT2D eigenvalue weighted by molar-refractivity contribution is 5.92. The van der Waals surface area contributed by atoms with Gasteiger partial charge in [0.2, 0.25) is 5.95 Å². The van der Waals surface area contributed by atoms with E-state index in [0.29, 0.717) is 24.4 Å². The number of rotatable bonds is 5. The number of hydrogen-bond donors (Lipinski definition) is 2. The number of aromatic nitrogens is 4. The molecule has 2 N–H and O–H groups in total. The molecule has 4 rings (SSSR count). The molecule has 0 aromatic carbocycles. The molecule has 0 spiro atoms. The van der Waals surface area contributed by atoms with Crippen molar-refractivity contribution < 1.29 is 26.3 Å². The van der Waals surface area contributed by atoms with Crippen LogP contribution in [0.1, 0.15) is 25.3 Å². The first-order chi connectivity index (χ1) is 13.9. The molecular weight excluding hydrogens is 414 g/mol. The molecule has 3 aromatic heterocycles. The zero-order chi connectivity index (χ0) is 21.7. The zero-order valence-corrected chi connectivity index (χ0v) is 15.6. The predicted molar refractivity (Wildman–Crippen MR) is 97.4 cm³/mol. The highest BCUT2D eigenvalue weighted by Crippen LogP contribution is 2.42. The third-order valence-corrected chi connectivity index (χ3v) is 4.74. The fourth-order valence-corrected chi connectivity index (χ4v) is 3.00. The van der Waals surface area contributed by atoms with Gasteiger partial charge in [0.25, 0.3) is 0 Å². The fourth-order valence-electron chi connectivity index (χ4n) is 3.00. The lowest BCUT2D eigenvalue weighted by Crippen LogP contribution is -2.21. The lowest BCUT2D eigenvalue weighted by molar-refractivity contribution is -0.140. The molecule has 30 heavy (non-hydrogen) atoms. The monoisotopic (exact) mass is 430 g/mol. The predicted octanol–water partition coefficient (Wildman–Crippen LogP) is 5.12. The van der Waals surface area contributed by atoms with Crippen molar-refractivity contribution in [3.8, 4) is 0 Å². The molecule has 1 fully saturated rings. The number of anilines is 3. The second-order valence-corrected chi connectivity index (χ2v) is 7.42. The van der Waals surface area contributed by atoms with E-state index in [-0.39, 0.29) is 23.1 Å². The lowest BCUT2D eigenvalue weighted by atomic mass is 10.2. The van der Waals surface area contributed by atoms with Gasteiger partial charge >= 0.3 is 12.4 Å². The molecule has 160 valence electrons. The van der Waals surface area contributed by atoms with Crippen LogP contribution in [0, 0.1) is 0 Å². The second-order valence-electron chi connectivity index (χ2n) is 7.42. The molecule has 0 amide bonds. The van der Waals surface area contributed by atoms with Gasteiger partial charge < -0.3 is 15.2 Å². The van der Waals surface area contributed by atoms with Crippen LogP contribution >= 0.6 is 0 Å². The molecule has 3 aromatic rings. The number of pyridine rings is 1. The van der Waals surface area contributed by atoms with Crippen LogP contribution in [0.15, 0.2) is 30.7 Å². The summed E-state index contributed by atoms with van der Waals surface area (Å²) in [5.74, 6) is -0.554. The van der Waals surface area contributed by atoms with Crippen LogP contribution in [0.2, 0.25) is 0 Å². The highest BCUT2D eigenvalue weighted by Gasteiger charge is 2.42. The Balaban J connectivity index is 1.71. The average Bonchev–Trinajstić information content (AvgIpc) is 3.25. The van der Waals surface area contributed by atoms with Gasteiger partial charge in [-0.05, 0) is 31.9 Å². The first kappa shape index (κ1) is 20.2. The van der Waals surface area contributed by atoms with Crippen molar-refractivity contribution in [2.45, 2.75) is 44.2 Å². The molecule has 0 atom stereocenters. The van der Waals surface area contributed by atoms with E-state index in [4.69, 9.17) is 0 Å². The summed E-state index contributed by atoms with van der Waals surface area (Å²) in [6.45, 7) is 0.514. The Morgan fingerprint density at radius 2 is 1.87 bits per heavy atom. The van der Waals surface area contributed by atoms with Gasteiger partial charge in [-0.1, -0.05) is 0 Å². The van der Waals surface area contributed by atoms with Crippen LogP contribution < -0.4 is 10.6 Å². The summed E-state index contributed by atoms with van der Waals surface area (Å²) in [7, 11) is 0. The van der Waals surface area contributed by atoms with Crippen LogP contribution in [-0.2, 0) is 12.7 Å². The van der Waals surface area contributed by atoms with Gasteiger partial charge in [-0.3, -0.25) is 0 Å². The van der Waals surface area contributed by atoms with Gasteiger partial charge in [0, 0.05) is 29.5 Å². The minimum atomic E-state index is -4.65. The summed E-state index contributed by atoms with van der Waals surface area (Å²) in [6, 6.07) is 3.09. The standard InChI is InChI=1S/C18H16F6N6/c1-16(4-5-16)29-13-11(18(22,23)24)7-26-15(28-13)27-12-8-30(9-17(19,20)21)14-10(12)3-2-6-25-14/h2-3,6-8H,4-5,9H2,1H3,(H2,26,27,28,29). The van der Waals surface area contributed by atoms with E-state index in [9.17, 15) is 26.3 Å². The SMILES string of the molecule is CC1(Nc2nc(Nc3cn(CC(F)(F)F)c4ncccc34)ncc2C(F)(F)F)CC1. The van der Waals surface area contributed by atoms with Crippen molar-refractivity contribution in [1.29, 1.82) is 0 Å². The number of alkyl halides is 6. The van der Waals surface area contributed by atoms with E-state index >= 15 is 0 Å². The van der Waals surface area contributed by atoms with Gasteiger partial charge in [-0.2, -0.15) is 31.3 Å². The van der Waals surface area contributed by atoms with Crippen LogP contribution in [-0.4, -0.2) is 31.2 Å². The van der Waals surface area contributed by atoms with Crippen molar-refractivity contribution in [2.75, 3.05) is 10.6 Å². The smallest absolute Gasteiger partial charge is 0.364 e. The van der Waals surface area contributed by atoms with E-state index in [1.807, 2.05) is 0 Å². The van der Waals surface area contributed by atoms with Crippen molar-refractivity contribution in [1.82, 2.24) is 19.5 Å². The Kier molecular flexibility index (Phi) is 4.55. The largest absolute Gasteiger partial charge is 0.421 e. The molecule has 1 saturated carbocycles. The summed E-state index contributed by atoms with van der Waals surface area (Å²) in [4.78, 5) is 11.6. The number of fused-ring (bicyclic) bond motifs is 1. The maximum Gasteiger partial charge on any atom is 0.421 e. The van der Waals surface area contributed by atoms with E-state index in [2.05, 4.69) is 25.6 Å². The zero-order valence-electron chi connectivity index (χ0n) is 15.6. The lowest BCUT2D eigenvalue weighted by Gasteiger charge is -2.18. The fraction of sp³-hybridized carbons (Fsp3) is 0.389. The van der Waals surface area contributed by atoms with Crippen LogP contribution in [0.4, 0.5) is 43.8 Å². The van der Waals surface area contributed by atoms with E-state index in [1.165, 1.54) is 12.4 Å². The molecule has 0 unspecified atom stereocenters. The van der Waals surface area contributed by atoms with E-state index in [1.54, 1.807) is 19.1 Å². The van der Waals surface area contributed by atoms with E-state index in [0.717, 1.165) is 4.57 Å². The number of halogens is 6. The summed E-state index contributed by atoms with van der Waals surface area (Å²) in [6.07, 6.45) is -4.54. The third kappa shape index (κ3) is 4.26. The van der Waals surface area contributed by atoms with Gasteiger partial charge in [-0.15, -0.1) is 0 Å². The Bertz CT molecular complexity index is 1080. The first-order valence-electron chi connectivity index (χ1n) is 8.94. The molecule has 6 nitrogen and oxygen atoms in total. The Hall–Kier alpha value is -3.05. The quantitative estimate of drug-likeness (QED) is 0.551. The van der Waals surface area contributed by atoms with Gasteiger partial charge in [-0.25, -0.2) is 9.97 Å². The molecule has 12 heteroatoms. The Labute approximate surface area is 166 Å². The normalized spacial score (nSPS) is 16.0. The van der Waals surface area contributed by atoms with Gasteiger partial charge in [0.1, 0.15) is 23.6 Å². The van der Waals surface area contributed by atoms with Crippen molar-refractivity contribution in [2.24, 2.45) is 0 Å². The number of nitrogens with zero attached hydrogens (tertiary/aromatic N) is 4. The third-order valence-electron chi connectivity index (χ3n) is 4.74. The molecule has 1 aliphatic carbocycles. The number of nitrogens with one attached hydrogen (secondary N) is 2. The van der Waals surface area contributed by atoms with Crippen LogP contribution in [0.25, 0.3) is 11.0 Å². The second kappa shape index (κ2) is 6.74. The Morgan fingerprint density at radius 1 is 1.13 bits per heavy atom. The maximum atomic E-state index is 13.3. The van der Waals surface area contributed by atoms with Crippen molar-refractivity contribution in [3.63, 3.8) is 0 Å². The maximum absolute atomic E-state index is 13.3. The molecule has 0 radical (unpaired) electrons. The average molecular weight is 430 g/mol. The molecular formula is C18H16F6N6. The van der Waals surface area contributed by atoms with E-state index < -0.39 is 30.0 Å². The van der Waals surface area contributed by atoms with Crippen LogP contribution in [0.5, 0.6) is 0 Å². The molecule has 3 heterocycles. The number of hydrogen-bond acceptors (Lipinski definition) is 5. The minimum absolute atomic E-state index is 0.0769. The molecule has 0 aliphatic heterocycles. The summed E-state index contributed by atoms with van der Waals surface area (Å²) in [5.41, 5.74) is -1.21. The highest BCUT2D eigenvalue weighted by atomic mass is 19.4. The van der Waals surface area contributed by atoms with Gasteiger partial charge in [0.15, 0.2) is 0 Å². The summed E-state index contributed by atoms with van der Waals surface area (Å²) in [5, 5.41) is 5.87. The first-order valence-corrected chi connectivity index (χ1v) is 8.94. The van der Waals surface area contributed by atoms with Crippen molar-refractivity contribution in [3.05, 3.63) is 36.3 Å². The van der Waals surface area contributed by atoms with Crippen LogP contribution in [0.3, 0.4) is 0 Å². The summed E-state index contributed by atoms with van der Waals surface area (Å²) >= 11 is 0. The topological polar surface area (TPSA) is 67.7 Å². The molecule has 1 aliphatic rings. The molecule has 0 bridgehead atoms. The minimum Gasteiger partial charge on any atom is -0.364 e. The van der Waals surface area contributed by atoms with Crippen molar-refractivity contribution >= 4 is 28.5 Å². The molecule has 0 saturated heterocycles.